The second kappa shape index (κ2) is 20.6. The molecule has 0 aromatic rings. The van der Waals surface area contributed by atoms with Crippen LogP contribution >= 0.6 is 36.7 Å². The quantitative estimate of drug-likeness (QED) is 0.267. The molecule has 31 heavy (non-hydrogen) atoms. The maximum absolute atomic E-state index is 4.91. The monoisotopic (exact) mass is 618 g/mol. The second-order valence-electron chi connectivity index (χ2n) is 8.58. The zero-order valence-electron chi connectivity index (χ0n) is 21.3. The average Bonchev–Trinajstić information content (AvgIpc) is 2.43. The van der Waals surface area contributed by atoms with Crippen LogP contribution in [0.15, 0.2) is 0 Å². The van der Waals surface area contributed by atoms with Gasteiger partial charge in [-0.15, -0.1) is 0 Å². The van der Waals surface area contributed by atoms with E-state index in [4.69, 9.17) is 74.5 Å². The van der Waals surface area contributed by atoms with Crippen LogP contribution in [0.25, 0.3) is 0 Å². The molecule has 0 saturated heterocycles. The van der Waals surface area contributed by atoms with E-state index in [1.54, 1.807) is 0 Å². The van der Waals surface area contributed by atoms with Crippen molar-refractivity contribution in [2.45, 2.75) is 119 Å². The van der Waals surface area contributed by atoms with Gasteiger partial charge in [-0.25, -0.2) is 0 Å². The number of hydrogen-bond donors (Lipinski definition) is 0. The standard InChI is InChI=1S/3C7H15NS2.Zr/c3*1-5(2)8(6(3)4)7(9)10;/h3*5-6H,1-4H3,(H,9,10);/q;;;+3/p-3. The molecular formula is C21H42N3S6Zr. The minimum absolute atomic E-state index is 0. The van der Waals surface area contributed by atoms with Crippen LogP contribution in [0.4, 0.5) is 0 Å². The molecule has 0 aliphatic heterocycles. The van der Waals surface area contributed by atoms with Gasteiger partial charge in [-0.2, -0.15) is 0 Å². The fraction of sp³-hybridized carbons (Fsp3) is 0.857. The Balaban J connectivity index is -0.000000174. The van der Waals surface area contributed by atoms with Crippen LogP contribution in [0.5, 0.6) is 0 Å². The van der Waals surface area contributed by atoms with Crippen molar-refractivity contribution in [1.82, 2.24) is 14.7 Å². The van der Waals surface area contributed by atoms with Gasteiger partial charge in [0.1, 0.15) is 0 Å². The molecule has 0 aliphatic carbocycles. The van der Waals surface area contributed by atoms with Crippen LogP contribution in [0.2, 0.25) is 0 Å². The summed E-state index contributed by atoms with van der Waals surface area (Å²) in [5, 5.41) is 0. The van der Waals surface area contributed by atoms with Crippen LogP contribution in [-0.2, 0) is 64.1 Å². The van der Waals surface area contributed by atoms with Crippen molar-refractivity contribution in [1.29, 1.82) is 0 Å². The molecule has 0 spiro atoms. The Morgan fingerprint density at radius 2 is 0.516 bits per heavy atom. The van der Waals surface area contributed by atoms with E-state index in [0.717, 1.165) is 0 Å². The molecule has 0 fully saturated rings. The molecule has 0 aromatic heterocycles. The van der Waals surface area contributed by atoms with Gasteiger partial charge in [-0.05, 0) is 83.1 Å². The molecule has 0 atom stereocenters. The van der Waals surface area contributed by atoms with Crippen molar-refractivity contribution >= 4 is 87.5 Å². The summed E-state index contributed by atoms with van der Waals surface area (Å²) >= 11 is 29.5. The summed E-state index contributed by atoms with van der Waals surface area (Å²) in [5.74, 6) is 0. The van der Waals surface area contributed by atoms with Crippen LogP contribution in [0.3, 0.4) is 0 Å². The van der Waals surface area contributed by atoms with Gasteiger partial charge in [0.05, 0.1) is 0 Å². The van der Waals surface area contributed by atoms with Gasteiger partial charge >= 0.3 is 26.2 Å². The van der Waals surface area contributed by atoms with E-state index in [1.807, 2.05) is 14.7 Å². The average molecular weight is 620 g/mol. The van der Waals surface area contributed by atoms with E-state index in [2.05, 4.69) is 83.1 Å². The smallest absolute Gasteiger partial charge is 0.411 e. The van der Waals surface area contributed by atoms with Crippen molar-refractivity contribution < 1.29 is 26.2 Å². The molecule has 0 bridgehead atoms. The predicted octanol–water partition coefficient (Wildman–Crippen LogP) is 5.81. The summed E-state index contributed by atoms with van der Waals surface area (Å²) in [6, 6.07) is 2.53. The number of nitrogens with zero attached hydrogens (tertiary/aromatic N) is 3. The third-order valence-corrected chi connectivity index (χ3v) is 5.24. The van der Waals surface area contributed by atoms with E-state index in [1.165, 1.54) is 0 Å². The first kappa shape index (κ1) is 39.4. The van der Waals surface area contributed by atoms with E-state index < -0.39 is 0 Å². The zero-order chi connectivity index (χ0) is 24.9. The molecule has 0 rings (SSSR count). The van der Waals surface area contributed by atoms with E-state index in [-0.39, 0.29) is 26.2 Å². The summed E-state index contributed by atoms with van der Waals surface area (Å²) in [5.41, 5.74) is 0. The summed E-state index contributed by atoms with van der Waals surface area (Å²) in [4.78, 5) is 6.14. The molecule has 0 aromatic carbocycles. The Morgan fingerprint density at radius 1 is 0.419 bits per heavy atom. The summed E-state index contributed by atoms with van der Waals surface area (Å²) in [6.45, 7) is 25.1. The van der Waals surface area contributed by atoms with Crippen molar-refractivity contribution in [2.75, 3.05) is 0 Å². The molecule has 0 aliphatic rings. The minimum atomic E-state index is 0. The number of thiocarbonyl (C=S) groups is 3. The first-order chi connectivity index (χ1) is 13.4. The first-order valence-electron chi connectivity index (χ1n) is 10.4. The molecular weight excluding hydrogens is 578 g/mol. The van der Waals surface area contributed by atoms with Gasteiger partial charge in [0.2, 0.25) is 0 Å². The SMILES string of the molecule is CC(C)N(C(=S)[S-])C(C)C.CC(C)N(C(=S)[S-])C(C)C.CC(C)N(C(=S)[S-])C(C)C.[Zr+3]. The first-order valence-corrected chi connectivity index (χ1v) is 12.8. The maximum Gasteiger partial charge on any atom is 3.00 e. The van der Waals surface area contributed by atoms with Gasteiger partial charge in [0.15, 0.2) is 0 Å². The third-order valence-electron chi connectivity index (χ3n) is 3.97. The Kier molecular flexibility index (Phi) is 26.2. The maximum atomic E-state index is 4.91. The van der Waals surface area contributed by atoms with Gasteiger partial charge in [-0.1, -0.05) is 13.0 Å². The zero-order valence-corrected chi connectivity index (χ0v) is 28.6. The molecule has 0 amide bonds. The van der Waals surface area contributed by atoms with Crippen molar-refractivity contribution in [3.05, 3.63) is 0 Å². The van der Waals surface area contributed by atoms with E-state index in [0.29, 0.717) is 49.2 Å². The third kappa shape index (κ3) is 19.2. The van der Waals surface area contributed by atoms with E-state index >= 15 is 0 Å². The molecule has 0 N–H and O–H groups in total. The molecule has 3 nitrogen and oxygen atoms in total. The van der Waals surface area contributed by atoms with Crippen molar-refractivity contribution in [3.8, 4) is 0 Å². The Hall–Kier alpha value is 1.21. The number of rotatable bonds is 6. The van der Waals surface area contributed by atoms with Gasteiger partial charge in [0.25, 0.3) is 0 Å². The molecule has 10 heteroatoms. The molecule has 0 heterocycles. The fourth-order valence-electron chi connectivity index (χ4n) is 3.05. The van der Waals surface area contributed by atoms with Crippen molar-refractivity contribution in [3.63, 3.8) is 0 Å². The van der Waals surface area contributed by atoms with Crippen LogP contribution in [-0.4, -0.2) is 63.9 Å². The Labute approximate surface area is 245 Å². The minimum Gasteiger partial charge on any atom is -0.411 e. The topological polar surface area (TPSA) is 9.72 Å². The van der Waals surface area contributed by atoms with Gasteiger partial charge in [-0.3, -0.25) is 0 Å². The summed E-state index contributed by atoms with van der Waals surface area (Å²) in [6.07, 6.45) is 0. The normalized spacial score (nSPS) is 10.3. The largest absolute Gasteiger partial charge is 3.00 e. The van der Waals surface area contributed by atoms with Crippen LogP contribution < -0.4 is 0 Å². The number of hydrogen-bond acceptors (Lipinski definition) is 6. The Morgan fingerprint density at radius 3 is 0.516 bits per heavy atom. The molecule has 0 saturated carbocycles. The predicted molar refractivity (Wildman–Crippen MR) is 156 cm³/mol. The summed E-state index contributed by atoms with van der Waals surface area (Å²) in [7, 11) is 0. The van der Waals surface area contributed by atoms with E-state index in [9.17, 15) is 0 Å². The second-order valence-corrected chi connectivity index (χ2v) is 11.7. The van der Waals surface area contributed by atoms with Gasteiger partial charge < -0.3 is 89.2 Å². The Bertz CT molecular complexity index is 416. The molecule has 181 valence electrons. The summed E-state index contributed by atoms with van der Waals surface area (Å²) < 4.78 is 1.72. The molecule has 1 radical (unpaired) electrons. The fourth-order valence-corrected chi connectivity index (χ4v) is 5.58. The van der Waals surface area contributed by atoms with Crippen LogP contribution in [0.1, 0.15) is 83.1 Å². The van der Waals surface area contributed by atoms with Crippen molar-refractivity contribution in [2.24, 2.45) is 0 Å². The molecule has 0 unspecified atom stereocenters. The van der Waals surface area contributed by atoms with Gasteiger partial charge in [0, 0.05) is 36.3 Å². The van der Waals surface area contributed by atoms with Crippen LogP contribution in [0, 0.1) is 0 Å².